The van der Waals surface area contributed by atoms with Gasteiger partial charge >= 0.3 is 12.1 Å². The van der Waals surface area contributed by atoms with Crippen LogP contribution in [0.15, 0.2) is 23.4 Å². The molecule has 0 aromatic carbocycles. The summed E-state index contributed by atoms with van der Waals surface area (Å²) in [5.41, 5.74) is -0.843. The zero-order valence-corrected chi connectivity index (χ0v) is 14.2. The first kappa shape index (κ1) is 19.6. The van der Waals surface area contributed by atoms with E-state index in [0.29, 0.717) is 17.9 Å². The fourth-order valence-corrected chi connectivity index (χ4v) is 3.45. The molecule has 1 aliphatic carbocycles. The molecule has 1 fully saturated rings. The number of carbonyl (C=O) groups is 2. The number of aromatic nitrogens is 1. The maximum atomic E-state index is 12.5. The Kier molecular flexibility index (Phi) is 6.69. The van der Waals surface area contributed by atoms with E-state index in [2.05, 4.69) is 10.3 Å². The first-order valence-corrected chi connectivity index (χ1v) is 8.94. The molecule has 1 heterocycles. The Hall–Kier alpha value is -1.77. The van der Waals surface area contributed by atoms with Crippen LogP contribution in [0.5, 0.6) is 0 Å². The van der Waals surface area contributed by atoms with Gasteiger partial charge in [0.1, 0.15) is 0 Å². The maximum absolute atomic E-state index is 12.5. The highest BCUT2D eigenvalue weighted by Gasteiger charge is 2.31. The van der Waals surface area contributed by atoms with Gasteiger partial charge in [-0.1, -0.05) is 31.0 Å². The van der Waals surface area contributed by atoms with E-state index < -0.39 is 29.7 Å². The molecule has 0 bridgehead atoms. The first-order valence-electron chi connectivity index (χ1n) is 7.95. The molecule has 2 rings (SSSR count). The van der Waals surface area contributed by atoms with Crippen LogP contribution < -0.4 is 5.32 Å². The minimum Gasteiger partial charge on any atom is -0.481 e. The molecule has 1 aromatic rings. The number of amides is 1. The number of nitrogens with zero attached hydrogens (tertiary/aromatic N) is 1. The quantitative estimate of drug-likeness (QED) is 0.609. The van der Waals surface area contributed by atoms with Crippen LogP contribution in [-0.2, 0) is 15.8 Å². The summed E-state index contributed by atoms with van der Waals surface area (Å²) in [6.45, 7) is 0. The summed E-state index contributed by atoms with van der Waals surface area (Å²) < 4.78 is 37.4. The Morgan fingerprint density at radius 3 is 2.56 bits per heavy atom. The zero-order chi connectivity index (χ0) is 18.4. The number of aliphatic carboxylic acids is 1. The van der Waals surface area contributed by atoms with E-state index in [9.17, 15) is 27.9 Å². The van der Waals surface area contributed by atoms with Crippen LogP contribution in [0.4, 0.5) is 13.2 Å². The molecular weight excluding hydrogens is 357 g/mol. The summed E-state index contributed by atoms with van der Waals surface area (Å²) >= 11 is 1.01. The summed E-state index contributed by atoms with van der Waals surface area (Å²) in [4.78, 5) is 27.1. The van der Waals surface area contributed by atoms with E-state index in [1.807, 2.05) is 0 Å². The van der Waals surface area contributed by atoms with Crippen molar-refractivity contribution in [1.29, 1.82) is 0 Å². The Morgan fingerprint density at radius 1 is 1.24 bits per heavy atom. The lowest BCUT2D eigenvalue weighted by molar-refractivity contribution is -0.143. The van der Waals surface area contributed by atoms with E-state index in [4.69, 9.17) is 0 Å². The van der Waals surface area contributed by atoms with Crippen LogP contribution in [0.25, 0.3) is 0 Å². The minimum atomic E-state index is -4.45. The van der Waals surface area contributed by atoms with Crippen LogP contribution in [0, 0.1) is 5.92 Å². The standard InChI is InChI=1S/C16H19F3N2O3S/c17-16(18,19)10-6-7-14(20-8-10)25-9-13(22)21-12-5-3-1-2-4-11(12)15(23)24/h6-8,11-12H,1-5,9H2,(H,21,22)(H,23,24)/t11-,12+/m1/s1. The van der Waals surface area contributed by atoms with Crippen molar-refractivity contribution in [3.8, 4) is 0 Å². The van der Waals surface area contributed by atoms with Gasteiger partial charge in [0, 0.05) is 12.2 Å². The molecule has 1 aromatic heterocycles. The van der Waals surface area contributed by atoms with Crippen molar-refractivity contribution >= 4 is 23.6 Å². The lowest BCUT2D eigenvalue weighted by Crippen LogP contribution is -2.43. The van der Waals surface area contributed by atoms with Crippen molar-refractivity contribution in [2.45, 2.75) is 49.3 Å². The molecule has 1 saturated carbocycles. The third kappa shape index (κ3) is 5.91. The van der Waals surface area contributed by atoms with Crippen LogP contribution in [0.3, 0.4) is 0 Å². The van der Waals surface area contributed by atoms with Crippen LogP contribution in [0.1, 0.15) is 37.7 Å². The molecule has 138 valence electrons. The van der Waals surface area contributed by atoms with Crippen molar-refractivity contribution in [2.24, 2.45) is 5.92 Å². The highest BCUT2D eigenvalue weighted by Crippen LogP contribution is 2.29. The second-order valence-electron chi connectivity index (χ2n) is 5.93. The van der Waals surface area contributed by atoms with Gasteiger partial charge in [0.2, 0.25) is 5.91 Å². The number of halogens is 3. The maximum Gasteiger partial charge on any atom is 0.417 e. The van der Waals surface area contributed by atoms with Crippen LogP contribution >= 0.6 is 11.8 Å². The average Bonchev–Trinajstić information content (AvgIpc) is 2.78. The number of alkyl halides is 3. The van der Waals surface area contributed by atoms with Gasteiger partial charge in [-0.2, -0.15) is 13.2 Å². The third-order valence-corrected chi connectivity index (χ3v) is 5.04. The van der Waals surface area contributed by atoms with Gasteiger partial charge in [-0.05, 0) is 25.0 Å². The molecule has 25 heavy (non-hydrogen) atoms. The van der Waals surface area contributed by atoms with E-state index in [1.54, 1.807) is 0 Å². The topological polar surface area (TPSA) is 79.3 Å². The molecule has 1 amide bonds. The third-order valence-electron chi connectivity index (χ3n) is 4.09. The summed E-state index contributed by atoms with van der Waals surface area (Å²) in [7, 11) is 0. The number of hydrogen-bond acceptors (Lipinski definition) is 4. The van der Waals surface area contributed by atoms with Crippen molar-refractivity contribution in [3.05, 3.63) is 23.9 Å². The van der Waals surface area contributed by atoms with Gasteiger partial charge in [0.15, 0.2) is 0 Å². The van der Waals surface area contributed by atoms with Crippen LogP contribution in [0.2, 0.25) is 0 Å². The van der Waals surface area contributed by atoms with Gasteiger partial charge in [0.25, 0.3) is 0 Å². The van der Waals surface area contributed by atoms with E-state index in [0.717, 1.165) is 43.3 Å². The van der Waals surface area contributed by atoms with Gasteiger partial charge in [0.05, 0.1) is 22.3 Å². The van der Waals surface area contributed by atoms with Gasteiger partial charge < -0.3 is 10.4 Å². The largest absolute Gasteiger partial charge is 0.481 e. The average molecular weight is 376 g/mol. The molecule has 2 N–H and O–H groups in total. The highest BCUT2D eigenvalue weighted by molar-refractivity contribution is 7.99. The normalized spacial score (nSPS) is 21.4. The van der Waals surface area contributed by atoms with Crippen LogP contribution in [-0.4, -0.2) is 33.8 Å². The van der Waals surface area contributed by atoms with Crippen molar-refractivity contribution < 1.29 is 27.9 Å². The molecule has 9 heteroatoms. The Labute approximate surface area is 147 Å². The predicted octanol–water partition coefficient (Wildman–Crippen LogP) is 3.34. The SMILES string of the molecule is O=C(CSc1ccc(C(F)(F)F)cn1)N[C@H]1CCCCC[C@H]1C(=O)O. The van der Waals surface area contributed by atoms with Crippen molar-refractivity contribution in [2.75, 3.05) is 5.75 Å². The van der Waals surface area contributed by atoms with E-state index in [1.165, 1.54) is 6.07 Å². The fraction of sp³-hybridized carbons (Fsp3) is 0.562. The number of nitrogens with one attached hydrogen (secondary N) is 1. The smallest absolute Gasteiger partial charge is 0.417 e. The lowest BCUT2D eigenvalue weighted by atomic mass is 9.95. The van der Waals surface area contributed by atoms with Crippen molar-refractivity contribution in [3.63, 3.8) is 0 Å². The number of hydrogen-bond donors (Lipinski definition) is 2. The molecule has 2 atom stereocenters. The number of carboxylic acid groups (broad SMARTS) is 1. The van der Waals surface area contributed by atoms with Gasteiger partial charge in [-0.15, -0.1) is 0 Å². The summed E-state index contributed by atoms with van der Waals surface area (Å²) in [5, 5.41) is 12.3. The van der Waals surface area contributed by atoms with E-state index in [-0.39, 0.29) is 11.7 Å². The Bertz CT molecular complexity index is 608. The first-order chi connectivity index (χ1) is 11.8. The molecule has 5 nitrogen and oxygen atoms in total. The number of carboxylic acids is 1. The molecular formula is C16H19F3N2O3S. The highest BCUT2D eigenvalue weighted by atomic mass is 32.2. The monoisotopic (exact) mass is 376 g/mol. The fourth-order valence-electron chi connectivity index (χ4n) is 2.80. The van der Waals surface area contributed by atoms with Gasteiger partial charge in [-0.25, -0.2) is 4.98 Å². The Morgan fingerprint density at radius 2 is 1.96 bits per heavy atom. The molecule has 0 spiro atoms. The Balaban J connectivity index is 1.88. The molecule has 0 unspecified atom stereocenters. The summed E-state index contributed by atoms with van der Waals surface area (Å²) in [6.07, 6.45) is 0.0704. The molecule has 0 saturated heterocycles. The number of carbonyl (C=O) groups excluding carboxylic acids is 1. The molecule has 0 radical (unpaired) electrons. The number of pyridine rings is 1. The zero-order valence-electron chi connectivity index (χ0n) is 13.4. The van der Waals surface area contributed by atoms with E-state index >= 15 is 0 Å². The minimum absolute atomic E-state index is 0.0266. The molecule has 1 aliphatic rings. The number of rotatable bonds is 5. The summed E-state index contributed by atoms with van der Waals surface area (Å²) in [5.74, 6) is -1.88. The van der Waals surface area contributed by atoms with Crippen molar-refractivity contribution in [1.82, 2.24) is 10.3 Å². The predicted molar refractivity (Wildman–Crippen MR) is 86.1 cm³/mol. The van der Waals surface area contributed by atoms with Gasteiger partial charge in [-0.3, -0.25) is 9.59 Å². The molecule has 0 aliphatic heterocycles. The number of thioether (sulfide) groups is 1. The lowest BCUT2D eigenvalue weighted by Gasteiger charge is -2.22. The second-order valence-corrected chi connectivity index (χ2v) is 6.92. The summed E-state index contributed by atoms with van der Waals surface area (Å²) in [6, 6.07) is 1.72. The second kappa shape index (κ2) is 8.55.